The van der Waals surface area contributed by atoms with Crippen LogP contribution >= 0.6 is 0 Å². The van der Waals surface area contributed by atoms with Crippen molar-refractivity contribution < 1.29 is 14.3 Å². The Labute approximate surface area is 100 Å². The Balaban J connectivity index is 2.58. The van der Waals surface area contributed by atoms with Gasteiger partial charge in [0.1, 0.15) is 6.54 Å². The number of esters is 1. The summed E-state index contributed by atoms with van der Waals surface area (Å²) in [6, 6.07) is 9.50. The molecule has 0 bridgehead atoms. The molecule has 1 aromatic rings. The molecule has 0 fully saturated rings. The minimum absolute atomic E-state index is 0.116. The Morgan fingerprint density at radius 1 is 1.29 bits per heavy atom. The lowest BCUT2D eigenvalue weighted by molar-refractivity contribution is -0.140. The lowest BCUT2D eigenvalue weighted by Crippen LogP contribution is -2.30. The summed E-state index contributed by atoms with van der Waals surface area (Å²) < 4.78 is 4.43. The number of amides is 1. The predicted molar refractivity (Wildman–Crippen MR) is 65.1 cm³/mol. The maximum absolute atomic E-state index is 11.6. The van der Waals surface area contributed by atoms with E-state index in [-0.39, 0.29) is 12.5 Å². The van der Waals surface area contributed by atoms with Gasteiger partial charge in [-0.2, -0.15) is 0 Å². The second-order valence-electron chi connectivity index (χ2n) is 3.50. The zero-order chi connectivity index (χ0) is 12.7. The van der Waals surface area contributed by atoms with Crippen molar-refractivity contribution >= 4 is 18.0 Å². The summed E-state index contributed by atoms with van der Waals surface area (Å²) in [6.07, 6.45) is 1.76. The van der Waals surface area contributed by atoms with Crippen LogP contribution in [0.1, 0.15) is 12.5 Å². The number of ether oxygens (including phenoxy) is 1. The van der Waals surface area contributed by atoms with E-state index in [9.17, 15) is 9.59 Å². The highest BCUT2D eigenvalue weighted by molar-refractivity contribution is 5.98. The Hall–Kier alpha value is -2.10. The van der Waals surface area contributed by atoms with Crippen molar-refractivity contribution in [1.82, 2.24) is 5.32 Å². The first-order chi connectivity index (χ1) is 8.13. The van der Waals surface area contributed by atoms with Gasteiger partial charge in [0, 0.05) is 5.57 Å². The summed E-state index contributed by atoms with van der Waals surface area (Å²) >= 11 is 0. The van der Waals surface area contributed by atoms with Gasteiger partial charge in [-0.25, -0.2) is 0 Å². The highest BCUT2D eigenvalue weighted by Gasteiger charge is 2.06. The molecule has 0 unspecified atom stereocenters. The zero-order valence-electron chi connectivity index (χ0n) is 9.90. The van der Waals surface area contributed by atoms with Crippen LogP contribution in [0.2, 0.25) is 0 Å². The van der Waals surface area contributed by atoms with Gasteiger partial charge in [0.15, 0.2) is 0 Å². The van der Waals surface area contributed by atoms with Crippen LogP contribution in [0.25, 0.3) is 6.08 Å². The van der Waals surface area contributed by atoms with Crippen LogP contribution in [-0.2, 0) is 14.3 Å². The maximum atomic E-state index is 11.6. The van der Waals surface area contributed by atoms with Gasteiger partial charge in [-0.15, -0.1) is 0 Å². The third-order valence-electron chi connectivity index (χ3n) is 2.16. The van der Waals surface area contributed by atoms with E-state index in [2.05, 4.69) is 10.1 Å². The van der Waals surface area contributed by atoms with E-state index in [1.807, 2.05) is 30.3 Å². The van der Waals surface area contributed by atoms with Crippen molar-refractivity contribution in [3.05, 3.63) is 41.5 Å². The summed E-state index contributed by atoms with van der Waals surface area (Å²) in [5.41, 5.74) is 1.48. The SMILES string of the molecule is COC(=O)CNC(=O)/C(C)=C/c1ccccc1. The Bertz CT molecular complexity index is 424. The molecule has 1 amide bonds. The van der Waals surface area contributed by atoms with Crippen LogP contribution in [0.15, 0.2) is 35.9 Å². The van der Waals surface area contributed by atoms with Gasteiger partial charge >= 0.3 is 5.97 Å². The van der Waals surface area contributed by atoms with Crippen LogP contribution in [0, 0.1) is 0 Å². The maximum Gasteiger partial charge on any atom is 0.325 e. The fourth-order valence-corrected chi connectivity index (χ4v) is 1.23. The van der Waals surface area contributed by atoms with Gasteiger partial charge in [0.2, 0.25) is 5.91 Å². The number of hydrogen-bond donors (Lipinski definition) is 1. The average Bonchev–Trinajstić information content (AvgIpc) is 2.36. The van der Waals surface area contributed by atoms with Gasteiger partial charge in [-0.1, -0.05) is 30.3 Å². The average molecular weight is 233 g/mol. The third-order valence-corrected chi connectivity index (χ3v) is 2.16. The molecule has 0 saturated carbocycles. The molecule has 0 radical (unpaired) electrons. The highest BCUT2D eigenvalue weighted by Crippen LogP contribution is 2.05. The van der Waals surface area contributed by atoms with E-state index in [0.717, 1.165) is 5.56 Å². The summed E-state index contributed by atoms with van der Waals surface area (Å²) in [7, 11) is 1.28. The topological polar surface area (TPSA) is 55.4 Å². The van der Waals surface area contributed by atoms with Crippen molar-refractivity contribution in [2.75, 3.05) is 13.7 Å². The summed E-state index contributed by atoms with van der Waals surface area (Å²) in [5.74, 6) is -0.745. The molecule has 17 heavy (non-hydrogen) atoms. The van der Waals surface area contributed by atoms with Crippen LogP contribution in [0.5, 0.6) is 0 Å². The molecule has 0 aromatic heterocycles. The van der Waals surface area contributed by atoms with E-state index in [1.54, 1.807) is 13.0 Å². The minimum Gasteiger partial charge on any atom is -0.468 e. The Morgan fingerprint density at radius 3 is 2.53 bits per heavy atom. The normalized spacial score (nSPS) is 10.8. The largest absolute Gasteiger partial charge is 0.468 e. The molecule has 0 atom stereocenters. The van der Waals surface area contributed by atoms with Gasteiger partial charge < -0.3 is 10.1 Å². The molecule has 1 N–H and O–H groups in total. The van der Waals surface area contributed by atoms with Gasteiger partial charge in [0.05, 0.1) is 7.11 Å². The molecule has 0 spiro atoms. The van der Waals surface area contributed by atoms with E-state index in [1.165, 1.54) is 7.11 Å². The van der Waals surface area contributed by atoms with Crippen molar-refractivity contribution in [3.63, 3.8) is 0 Å². The number of rotatable bonds is 4. The Kier molecular flexibility index (Phi) is 4.94. The lowest BCUT2D eigenvalue weighted by atomic mass is 10.1. The molecule has 0 saturated heterocycles. The molecule has 4 nitrogen and oxygen atoms in total. The van der Waals surface area contributed by atoms with Gasteiger partial charge in [-0.05, 0) is 18.6 Å². The molecular weight excluding hydrogens is 218 g/mol. The summed E-state index contributed by atoms with van der Waals surface area (Å²) in [5, 5.41) is 2.47. The highest BCUT2D eigenvalue weighted by atomic mass is 16.5. The van der Waals surface area contributed by atoms with E-state index >= 15 is 0 Å². The summed E-state index contributed by atoms with van der Waals surface area (Å²) in [4.78, 5) is 22.4. The van der Waals surface area contributed by atoms with Gasteiger partial charge in [-0.3, -0.25) is 9.59 Å². The molecule has 0 heterocycles. The standard InChI is InChI=1S/C13H15NO3/c1-10(8-11-6-4-3-5-7-11)13(16)14-9-12(15)17-2/h3-8H,9H2,1-2H3,(H,14,16)/b10-8+. The molecule has 1 rings (SSSR count). The van der Waals surface area contributed by atoms with Crippen molar-refractivity contribution in [1.29, 1.82) is 0 Å². The van der Waals surface area contributed by atoms with Crippen molar-refractivity contribution in [2.24, 2.45) is 0 Å². The Morgan fingerprint density at radius 2 is 1.94 bits per heavy atom. The van der Waals surface area contributed by atoms with Crippen molar-refractivity contribution in [2.45, 2.75) is 6.92 Å². The minimum atomic E-state index is -0.467. The van der Waals surface area contributed by atoms with Gasteiger partial charge in [0.25, 0.3) is 0 Å². The molecule has 0 aliphatic heterocycles. The van der Waals surface area contributed by atoms with Crippen LogP contribution in [0.3, 0.4) is 0 Å². The lowest BCUT2D eigenvalue weighted by Gasteiger charge is -2.04. The first-order valence-corrected chi connectivity index (χ1v) is 5.22. The summed E-state index contributed by atoms with van der Waals surface area (Å²) in [6.45, 7) is 1.58. The molecule has 0 aliphatic carbocycles. The number of methoxy groups -OCH3 is 1. The molecule has 90 valence electrons. The predicted octanol–water partition coefficient (Wildman–Crippen LogP) is 1.38. The second-order valence-corrected chi connectivity index (χ2v) is 3.50. The number of hydrogen-bond acceptors (Lipinski definition) is 3. The van der Waals surface area contributed by atoms with Crippen LogP contribution < -0.4 is 5.32 Å². The smallest absolute Gasteiger partial charge is 0.325 e. The fourth-order valence-electron chi connectivity index (χ4n) is 1.23. The number of carbonyl (C=O) groups is 2. The van der Waals surface area contributed by atoms with Crippen molar-refractivity contribution in [3.8, 4) is 0 Å². The zero-order valence-corrected chi connectivity index (χ0v) is 9.90. The van der Waals surface area contributed by atoms with E-state index in [4.69, 9.17) is 0 Å². The number of carbonyl (C=O) groups excluding carboxylic acids is 2. The molecule has 1 aromatic carbocycles. The quantitative estimate of drug-likeness (QED) is 0.631. The first kappa shape index (κ1) is 13.0. The first-order valence-electron chi connectivity index (χ1n) is 5.22. The van der Waals surface area contributed by atoms with E-state index < -0.39 is 5.97 Å². The number of nitrogens with one attached hydrogen (secondary N) is 1. The number of benzene rings is 1. The molecule has 4 heteroatoms. The van der Waals surface area contributed by atoms with E-state index in [0.29, 0.717) is 5.57 Å². The third kappa shape index (κ3) is 4.51. The fraction of sp³-hybridized carbons (Fsp3) is 0.231. The molecule has 0 aliphatic rings. The van der Waals surface area contributed by atoms with Crippen LogP contribution in [-0.4, -0.2) is 25.5 Å². The van der Waals surface area contributed by atoms with Crippen LogP contribution in [0.4, 0.5) is 0 Å². The molecular formula is C13H15NO3. The monoisotopic (exact) mass is 233 g/mol. The second kappa shape index (κ2) is 6.48.